The summed E-state index contributed by atoms with van der Waals surface area (Å²) < 4.78 is 11.5. The van der Waals surface area contributed by atoms with E-state index in [0.717, 1.165) is 16.8 Å². The van der Waals surface area contributed by atoms with Crippen LogP contribution in [0.2, 0.25) is 15.1 Å². The first-order valence-electron chi connectivity index (χ1n) is 8.70. The highest BCUT2D eigenvalue weighted by atomic mass is 35.5. The van der Waals surface area contributed by atoms with Gasteiger partial charge in [-0.15, -0.1) is 0 Å². The molecule has 0 aromatic heterocycles. The Hall–Kier alpha value is -2.07. The minimum atomic E-state index is 0.420. The van der Waals surface area contributed by atoms with Crippen LogP contribution in [-0.4, -0.2) is 7.11 Å². The van der Waals surface area contributed by atoms with Crippen molar-refractivity contribution < 1.29 is 9.47 Å². The molecule has 0 aliphatic rings. The van der Waals surface area contributed by atoms with E-state index in [-0.39, 0.29) is 0 Å². The molecule has 0 saturated heterocycles. The summed E-state index contributed by atoms with van der Waals surface area (Å²) in [6, 6.07) is 17.2. The van der Waals surface area contributed by atoms with Gasteiger partial charge in [-0.1, -0.05) is 59.1 Å². The van der Waals surface area contributed by atoms with Crippen LogP contribution in [0.15, 0.2) is 54.6 Å². The predicted octanol–water partition coefficient (Wildman–Crippen LogP) is 7.15. The summed E-state index contributed by atoms with van der Waals surface area (Å²) in [5.41, 5.74) is 4.09. The lowest BCUT2D eigenvalue weighted by Gasteiger charge is -2.16. The number of methoxy groups -OCH3 is 1. The number of ether oxygens (including phenoxy) is 2. The van der Waals surface area contributed by atoms with Gasteiger partial charge in [-0.2, -0.15) is 0 Å². The van der Waals surface area contributed by atoms with Gasteiger partial charge in [0.05, 0.1) is 22.2 Å². The maximum absolute atomic E-state index is 6.48. The molecule has 0 spiro atoms. The van der Waals surface area contributed by atoms with E-state index in [9.17, 15) is 0 Å². The minimum absolute atomic E-state index is 0.420. The second-order valence-electron chi connectivity index (χ2n) is 6.31. The highest BCUT2D eigenvalue weighted by Crippen LogP contribution is 2.37. The van der Waals surface area contributed by atoms with Crippen LogP contribution in [0, 0.1) is 6.92 Å². The van der Waals surface area contributed by atoms with Crippen molar-refractivity contribution in [3.63, 3.8) is 0 Å². The molecule has 0 unspecified atom stereocenters. The summed E-state index contributed by atoms with van der Waals surface area (Å²) in [5.74, 6) is 1.12. The fraction of sp³-hybridized carbons (Fsp3) is 0.182. The van der Waals surface area contributed by atoms with Crippen LogP contribution in [0.3, 0.4) is 0 Å². The average Bonchev–Trinajstić information content (AvgIpc) is 2.68. The van der Waals surface area contributed by atoms with Crippen LogP contribution in [0.5, 0.6) is 11.5 Å². The van der Waals surface area contributed by atoms with Crippen molar-refractivity contribution in [3.05, 3.63) is 86.4 Å². The number of rotatable bonds is 7. The van der Waals surface area contributed by atoms with E-state index in [1.165, 1.54) is 5.56 Å². The molecular formula is C22H20Cl3NO2. The first kappa shape index (κ1) is 20.7. The van der Waals surface area contributed by atoms with E-state index in [0.29, 0.717) is 39.7 Å². The Morgan fingerprint density at radius 1 is 0.893 bits per heavy atom. The van der Waals surface area contributed by atoms with Crippen LogP contribution >= 0.6 is 34.8 Å². The molecule has 0 fully saturated rings. The van der Waals surface area contributed by atoms with Gasteiger partial charge < -0.3 is 14.8 Å². The Morgan fingerprint density at radius 3 is 2.39 bits per heavy atom. The quantitative estimate of drug-likeness (QED) is 0.426. The van der Waals surface area contributed by atoms with E-state index in [4.69, 9.17) is 44.3 Å². The number of aryl methyl sites for hydroxylation is 1. The molecule has 1 N–H and O–H groups in total. The average molecular weight is 437 g/mol. The van der Waals surface area contributed by atoms with Gasteiger partial charge >= 0.3 is 0 Å². The summed E-state index contributed by atoms with van der Waals surface area (Å²) in [6.07, 6.45) is 0. The van der Waals surface area contributed by atoms with Gasteiger partial charge in [0.15, 0.2) is 11.5 Å². The van der Waals surface area contributed by atoms with Gasteiger partial charge in [-0.05, 0) is 53.9 Å². The Morgan fingerprint density at radius 2 is 1.68 bits per heavy atom. The Bertz CT molecular complexity index is 976. The van der Waals surface area contributed by atoms with Crippen molar-refractivity contribution in [2.24, 2.45) is 0 Å². The van der Waals surface area contributed by atoms with Crippen molar-refractivity contribution in [3.8, 4) is 11.5 Å². The van der Waals surface area contributed by atoms with Crippen LogP contribution in [-0.2, 0) is 13.2 Å². The van der Waals surface area contributed by atoms with Crippen LogP contribution < -0.4 is 14.8 Å². The molecular weight excluding hydrogens is 417 g/mol. The minimum Gasteiger partial charge on any atom is -0.493 e. The predicted molar refractivity (Wildman–Crippen MR) is 117 cm³/mol. The molecule has 3 nitrogen and oxygen atoms in total. The number of hydrogen-bond acceptors (Lipinski definition) is 3. The lowest BCUT2D eigenvalue weighted by atomic mass is 10.1. The zero-order valence-corrected chi connectivity index (χ0v) is 17.8. The second-order valence-corrected chi connectivity index (χ2v) is 7.53. The molecule has 146 valence electrons. The topological polar surface area (TPSA) is 30.5 Å². The maximum atomic E-state index is 6.48. The molecule has 3 aromatic rings. The number of nitrogens with one attached hydrogen (secondary N) is 1. The molecule has 0 aliphatic heterocycles. The van der Waals surface area contributed by atoms with E-state index >= 15 is 0 Å². The third kappa shape index (κ3) is 5.05. The fourth-order valence-electron chi connectivity index (χ4n) is 2.75. The van der Waals surface area contributed by atoms with Gasteiger partial charge in [0.2, 0.25) is 0 Å². The Kier molecular flexibility index (Phi) is 6.95. The van der Waals surface area contributed by atoms with Gasteiger partial charge in [-0.3, -0.25) is 0 Å². The molecule has 28 heavy (non-hydrogen) atoms. The largest absolute Gasteiger partial charge is 0.493 e. The first-order valence-corrected chi connectivity index (χ1v) is 9.84. The van der Waals surface area contributed by atoms with Gasteiger partial charge in [0.25, 0.3) is 0 Å². The van der Waals surface area contributed by atoms with E-state index < -0.39 is 0 Å². The van der Waals surface area contributed by atoms with Crippen LogP contribution in [0.1, 0.15) is 16.7 Å². The summed E-state index contributed by atoms with van der Waals surface area (Å²) in [6.45, 7) is 3.02. The smallest absolute Gasteiger partial charge is 0.180 e. The summed E-state index contributed by atoms with van der Waals surface area (Å²) in [5, 5.41) is 4.82. The van der Waals surface area contributed by atoms with E-state index in [2.05, 4.69) is 18.3 Å². The Balaban J connectivity index is 1.73. The third-order valence-electron chi connectivity index (χ3n) is 4.34. The monoisotopic (exact) mass is 435 g/mol. The molecule has 0 saturated carbocycles. The molecule has 3 rings (SSSR count). The van der Waals surface area contributed by atoms with Crippen molar-refractivity contribution >= 4 is 40.5 Å². The van der Waals surface area contributed by atoms with Gasteiger partial charge in [0, 0.05) is 12.2 Å². The second kappa shape index (κ2) is 9.42. The lowest BCUT2D eigenvalue weighted by molar-refractivity contribution is 0.284. The van der Waals surface area contributed by atoms with Gasteiger partial charge in [-0.25, -0.2) is 0 Å². The lowest BCUT2D eigenvalue weighted by Crippen LogP contribution is -2.03. The molecule has 3 aromatic carbocycles. The SMILES string of the molecule is COc1cc(CNc2ccc(Cl)c(Cl)c2)cc(Cl)c1OCc1ccccc1C. The van der Waals surface area contributed by atoms with Crippen LogP contribution in [0.4, 0.5) is 5.69 Å². The van der Waals surface area contributed by atoms with E-state index in [1.54, 1.807) is 19.2 Å². The normalized spacial score (nSPS) is 10.6. The van der Waals surface area contributed by atoms with E-state index in [1.807, 2.05) is 36.4 Å². The third-order valence-corrected chi connectivity index (χ3v) is 5.36. The maximum Gasteiger partial charge on any atom is 0.180 e. The first-order chi connectivity index (χ1) is 13.5. The van der Waals surface area contributed by atoms with Crippen molar-refractivity contribution in [1.82, 2.24) is 0 Å². The number of halogens is 3. The molecule has 6 heteroatoms. The number of benzene rings is 3. The van der Waals surface area contributed by atoms with Crippen molar-refractivity contribution in [1.29, 1.82) is 0 Å². The molecule has 0 bridgehead atoms. The number of anilines is 1. The molecule has 0 aliphatic carbocycles. The van der Waals surface area contributed by atoms with Crippen molar-refractivity contribution in [2.75, 3.05) is 12.4 Å². The Labute approximate surface area is 180 Å². The fourth-order valence-corrected chi connectivity index (χ4v) is 3.33. The highest BCUT2D eigenvalue weighted by Gasteiger charge is 2.13. The summed E-state index contributed by atoms with van der Waals surface area (Å²) in [7, 11) is 1.60. The summed E-state index contributed by atoms with van der Waals surface area (Å²) >= 11 is 18.5. The van der Waals surface area contributed by atoms with Crippen LogP contribution in [0.25, 0.3) is 0 Å². The summed E-state index contributed by atoms with van der Waals surface area (Å²) in [4.78, 5) is 0. The number of hydrogen-bond donors (Lipinski definition) is 1. The molecule has 0 radical (unpaired) electrons. The zero-order chi connectivity index (χ0) is 20.1. The zero-order valence-electron chi connectivity index (χ0n) is 15.6. The standard InChI is InChI=1S/C22H20Cl3NO2/c1-14-5-3-4-6-16(14)13-28-22-20(25)9-15(10-21(22)27-2)12-26-17-7-8-18(23)19(24)11-17/h3-11,26H,12-13H2,1-2H3. The molecule has 0 heterocycles. The molecule has 0 amide bonds. The van der Waals surface area contributed by atoms with Crippen molar-refractivity contribution in [2.45, 2.75) is 20.1 Å². The molecule has 0 atom stereocenters. The van der Waals surface area contributed by atoms with Gasteiger partial charge in [0.1, 0.15) is 6.61 Å². The highest BCUT2D eigenvalue weighted by molar-refractivity contribution is 6.42.